The van der Waals surface area contributed by atoms with E-state index >= 15 is 0 Å². The van der Waals surface area contributed by atoms with Gasteiger partial charge in [-0.15, -0.1) is 0 Å². The van der Waals surface area contributed by atoms with E-state index in [1.54, 1.807) is 23.1 Å². The third kappa shape index (κ3) is 4.11. The molecule has 1 amide bonds. The smallest absolute Gasteiger partial charge is 0.257 e. The predicted molar refractivity (Wildman–Crippen MR) is 75.9 cm³/mol. The molecule has 0 unspecified atom stereocenters. The Morgan fingerprint density at radius 1 is 1.47 bits per heavy atom. The van der Waals surface area contributed by atoms with Gasteiger partial charge in [0.25, 0.3) is 5.91 Å². The third-order valence-corrected chi connectivity index (χ3v) is 3.07. The lowest BCUT2D eigenvalue weighted by molar-refractivity contribution is 0.0690. The number of benzene rings is 1. The number of methoxy groups -OCH3 is 1. The number of hydrogen-bond acceptors (Lipinski definition) is 3. The first kappa shape index (κ1) is 15.8. The molecule has 4 nitrogen and oxygen atoms in total. The van der Waals surface area contributed by atoms with E-state index in [1.807, 2.05) is 13.8 Å². The molecule has 1 aromatic carbocycles. The molecule has 0 aromatic heterocycles. The van der Waals surface area contributed by atoms with Crippen LogP contribution in [0.1, 0.15) is 30.6 Å². The van der Waals surface area contributed by atoms with Gasteiger partial charge in [0.05, 0.1) is 12.7 Å². The minimum atomic E-state index is -0.136. The van der Waals surface area contributed by atoms with Crippen LogP contribution in [0.2, 0.25) is 5.02 Å². The average Bonchev–Trinajstić information content (AvgIpc) is 2.38. The molecule has 1 N–H and O–H groups in total. The molecule has 1 rings (SSSR count). The number of rotatable bonds is 6. The van der Waals surface area contributed by atoms with Gasteiger partial charge >= 0.3 is 0 Å². The number of aliphatic hydroxyl groups excluding tert-OH is 1. The van der Waals surface area contributed by atoms with E-state index in [0.29, 0.717) is 29.3 Å². The molecule has 0 spiro atoms. The van der Waals surface area contributed by atoms with Gasteiger partial charge in [0.15, 0.2) is 0 Å². The Hall–Kier alpha value is -1.26. The molecule has 5 heteroatoms. The summed E-state index contributed by atoms with van der Waals surface area (Å²) in [5.74, 6) is 0.367. The Morgan fingerprint density at radius 3 is 2.68 bits per heavy atom. The summed E-state index contributed by atoms with van der Waals surface area (Å²) in [5, 5.41) is 9.41. The van der Waals surface area contributed by atoms with Crippen LogP contribution in [0.25, 0.3) is 0 Å². The van der Waals surface area contributed by atoms with Crippen LogP contribution in [0, 0.1) is 0 Å². The number of halogens is 1. The lowest BCUT2D eigenvalue weighted by Gasteiger charge is -2.27. The van der Waals surface area contributed by atoms with Gasteiger partial charge in [-0.25, -0.2) is 0 Å². The molecule has 0 fully saturated rings. The summed E-state index contributed by atoms with van der Waals surface area (Å²) in [7, 11) is 1.52. The van der Waals surface area contributed by atoms with Gasteiger partial charge in [0.2, 0.25) is 0 Å². The maximum absolute atomic E-state index is 12.5. The number of amides is 1. The third-order valence-electron chi connectivity index (χ3n) is 2.83. The molecule has 0 aliphatic rings. The normalized spacial score (nSPS) is 10.6. The van der Waals surface area contributed by atoms with Crippen molar-refractivity contribution in [3.05, 3.63) is 28.8 Å². The lowest BCUT2D eigenvalue weighted by Crippen LogP contribution is -2.38. The fraction of sp³-hybridized carbons (Fsp3) is 0.500. The zero-order valence-corrected chi connectivity index (χ0v) is 12.3. The average molecular weight is 286 g/mol. The fourth-order valence-electron chi connectivity index (χ4n) is 1.84. The quantitative estimate of drug-likeness (QED) is 0.874. The Balaban J connectivity index is 3.04. The summed E-state index contributed by atoms with van der Waals surface area (Å²) >= 11 is 5.94. The standard InChI is InChI=1S/C14H20ClNO3/c1-10(2)16(7-4-8-17)14(18)12-9-11(15)5-6-13(12)19-3/h5-6,9-10,17H,4,7-8H2,1-3H3. The second-order valence-corrected chi connectivity index (χ2v) is 4.95. The Morgan fingerprint density at radius 2 is 2.16 bits per heavy atom. The molecule has 0 aliphatic carbocycles. The van der Waals surface area contributed by atoms with Gasteiger partial charge in [-0.2, -0.15) is 0 Å². The monoisotopic (exact) mass is 285 g/mol. The van der Waals surface area contributed by atoms with Crippen LogP contribution >= 0.6 is 11.6 Å². The molecule has 0 aliphatic heterocycles. The molecule has 1 aromatic rings. The van der Waals surface area contributed by atoms with Gasteiger partial charge in [-0.1, -0.05) is 11.6 Å². The zero-order valence-electron chi connectivity index (χ0n) is 11.5. The van der Waals surface area contributed by atoms with Crippen LogP contribution < -0.4 is 4.74 Å². The second kappa shape index (κ2) is 7.36. The number of aliphatic hydroxyl groups is 1. The predicted octanol–water partition coefficient (Wildman–Crippen LogP) is 2.58. The Kier molecular flexibility index (Phi) is 6.12. The number of nitrogens with zero attached hydrogens (tertiary/aromatic N) is 1. The SMILES string of the molecule is COc1ccc(Cl)cc1C(=O)N(CCCO)C(C)C. The maximum atomic E-state index is 12.5. The van der Waals surface area contributed by atoms with Crippen LogP contribution in [0.3, 0.4) is 0 Å². The molecule has 0 saturated heterocycles. The summed E-state index contributed by atoms with van der Waals surface area (Å²) < 4.78 is 5.20. The van der Waals surface area contributed by atoms with Crippen molar-refractivity contribution in [2.24, 2.45) is 0 Å². The maximum Gasteiger partial charge on any atom is 0.257 e. The highest BCUT2D eigenvalue weighted by atomic mass is 35.5. The summed E-state index contributed by atoms with van der Waals surface area (Å²) in [4.78, 5) is 14.2. The molecule has 0 radical (unpaired) electrons. The van der Waals surface area contributed by atoms with E-state index in [1.165, 1.54) is 7.11 Å². The van der Waals surface area contributed by atoms with Crippen molar-refractivity contribution < 1.29 is 14.6 Å². The molecule has 19 heavy (non-hydrogen) atoms. The number of carbonyl (C=O) groups is 1. The van der Waals surface area contributed by atoms with Crippen LogP contribution in [0.5, 0.6) is 5.75 Å². The molecule has 0 bridgehead atoms. The minimum Gasteiger partial charge on any atom is -0.496 e. The van der Waals surface area contributed by atoms with Crippen LogP contribution in [-0.2, 0) is 0 Å². The van der Waals surface area contributed by atoms with Crippen LogP contribution in [0.15, 0.2) is 18.2 Å². The largest absolute Gasteiger partial charge is 0.496 e. The second-order valence-electron chi connectivity index (χ2n) is 4.51. The summed E-state index contributed by atoms with van der Waals surface area (Å²) in [5.41, 5.74) is 0.446. The number of carbonyl (C=O) groups excluding carboxylic acids is 1. The molecule has 0 saturated carbocycles. The highest BCUT2D eigenvalue weighted by molar-refractivity contribution is 6.31. The highest BCUT2D eigenvalue weighted by Gasteiger charge is 2.21. The molecule has 0 atom stereocenters. The van der Waals surface area contributed by atoms with E-state index in [9.17, 15) is 4.79 Å². The highest BCUT2D eigenvalue weighted by Crippen LogP contribution is 2.24. The first-order valence-electron chi connectivity index (χ1n) is 6.26. The first-order valence-corrected chi connectivity index (χ1v) is 6.64. The van der Waals surface area contributed by atoms with Crippen LogP contribution in [-0.4, -0.2) is 42.2 Å². The van der Waals surface area contributed by atoms with Gasteiger partial charge in [0, 0.05) is 24.2 Å². The zero-order chi connectivity index (χ0) is 14.4. The van der Waals surface area contributed by atoms with Crippen LogP contribution in [0.4, 0.5) is 0 Å². The molecule has 106 valence electrons. The van der Waals surface area contributed by atoms with E-state index in [0.717, 1.165) is 0 Å². The topological polar surface area (TPSA) is 49.8 Å². The lowest BCUT2D eigenvalue weighted by atomic mass is 10.1. The van der Waals surface area contributed by atoms with E-state index < -0.39 is 0 Å². The fourth-order valence-corrected chi connectivity index (χ4v) is 2.01. The Bertz CT molecular complexity index is 435. The van der Waals surface area contributed by atoms with Gasteiger partial charge in [0.1, 0.15) is 5.75 Å². The first-order chi connectivity index (χ1) is 9.01. The summed E-state index contributed by atoms with van der Waals surface area (Å²) in [6.07, 6.45) is 0.548. The number of hydrogen-bond donors (Lipinski definition) is 1. The summed E-state index contributed by atoms with van der Waals surface area (Å²) in [6, 6.07) is 5.02. The Labute approximate surface area is 118 Å². The van der Waals surface area contributed by atoms with Gasteiger partial charge in [-0.05, 0) is 38.5 Å². The molecule has 0 heterocycles. The van der Waals surface area contributed by atoms with E-state index in [-0.39, 0.29) is 18.6 Å². The summed E-state index contributed by atoms with van der Waals surface area (Å²) in [6.45, 7) is 4.43. The van der Waals surface area contributed by atoms with Crippen molar-refractivity contribution in [3.8, 4) is 5.75 Å². The van der Waals surface area contributed by atoms with Crippen molar-refractivity contribution in [1.29, 1.82) is 0 Å². The number of ether oxygens (including phenoxy) is 1. The molecular formula is C14H20ClNO3. The van der Waals surface area contributed by atoms with Crippen molar-refractivity contribution >= 4 is 17.5 Å². The van der Waals surface area contributed by atoms with Gasteiger partial charge < -0.3 is 14.7 Å². The van der Waals surface area contributed by atoms with Gasteiger partial charge in [-0.3, -0.25) is 4.79 Å². The minimum absolute atomic E-state index is 0.0442. The van der Waals surface area contributed by atoms with Crippen molar-refractivity contribution in [2.45, 2.75) is 26.3 Å². The van der Waals surface area contributed by atoms with E-state index in [2.05, 4.69) is 0 Å². The molecular weight excluding hydrogens is 266 g/mol. The van der Waals surface area contributed by atoms with Crippen molar-refractivity contribution in [2.75, 3.05) is 20.3 Å². The van der Waals surface area contributed by atoms with E-state index in [4.69, 9.17) is 21.4 Å². The van der Waals surface area contributed by atoms with Crippen molar-refractivity contribution in [1.82, 2.24) is 4.90 Å². The van der Waals surface area contributed by atoms with Crippen molar-refractivity contribution in [3.63, 3.8) is 0 Å².